The number of carbonyl (C=O) groups is 2. The molecule has 0 aliphatic carbocycles. The Morgan fingerprint density at radius 2 is 1.85 bits per heavy atom. The van der Waals surface area contributed by atoms with Crippen LogP contribution < -0.4 is 15.4 Å². The molecule has 6 heteroatoms. The highest BCUT2D eigenvalue weighted by Crippen LogP contribution is 2.22. The summed E-state index contributed by atoms with van der Waals surface area (Å²) in [4.78, 5) is 23.7. The first kappa shape index (κ1) is 19.8. The van der Waals surface area contributed by atoms with Crippen molar-refractivity contribution in [3.8, 4) is 5.75 Å². The quantitative estimate of drug-likeness (QED) is 0.689. The molecule has 0 aromatic heterocycles. The van der Waals surface area contributed by atoms with Gasteiger partial charge in [-0.2, -0.15) is 0 Å². The number of hydrogen-bond acceptors (Lipinski definition) is 3. The maximum Gasteiger partial charge on any atom is 0.243 e. The van der Waals surface area contributed by atoms with E-state index in [9.17, 15) is 9.59 Å². The monoisotopic (exact) mass is 374 g/mol. The predicted octanol–water partition coefficient (Wildman–Crippen LogP) is 3.87. The molecule has 138 valence electrons. The van der Waals surface area contributed by atoms with E-state index in [0.717, 1.165) is 16.9 Å². The molecule has 0 heterocycles. The van der Waals surface area contributed by atoms with Crippen LogP contribution >= 0.6 is 11.6 Å². The van der Waals surface area contributed by atoms with Crippen molar-refractivity contribution in [3.05, 3.63) is 58.6 Å². The van der Waals surface area contributed by atoms with Crippen LogP contribution in [0.15, 0.2) is 42.5 Å². The Morgan fingerprint density at radius 3 is 2.58 bits per heavy atom. The highest BCUT2D eigenvalue weighted by Gasteiger charge is 2.08. The molecule has 0 atom stereocenters. The number of ether oxygens (including phenoxy) is 1. The van der Waals surface area contributed by atoms with Gasteiger partial charge in [-0.15, -0.1) is 0 Å². The van der Waals surface area contributed by atoms with Gasteiger partial charge in [0.1, 0.15) is 5.75 Å². The van der Waals surface area contributed by atoms with Crippen LogP contribution in [0.3, 0.4) is 0 Å². The zero-order valence-corrected chi connectivity index (χ0v) is 15.7. The summed E-state index contributed by atoms with van der Waals surface area (Å²) < 4.78 is 5.64. The fraction of sp³-hybridized carbons (Fsp3) is 0.300. The summed E-state index contributed by atoms with van der Waals surface area (Å²) in [7, 11) is 0. The highest BCUT2D eigenvalue weighted by molar-refractivity contribution is 6.33. The van der Waals surface area contributed by atoms with E-state index >= 15 is 0 Å². The van der Waals surface area contributed by atoms with E-state index < -0.39 is 0 Å². The molecule has 2 aromatic rings. The molecule has 0 unspecified atom stereocenters. The minimum atomic E-state index is -0.319. The van der Waals surface area contributed by atoms with Gasteiger partial charge in [0.15, 0.2) is 0 Å². The van der Waals surface area contributed by atoms with Crippen molar-refractivity contribution in [2.75, 3.05) is 18.5 Å². The summed E-state index contributed by atoms with van der Waals surface area (Å²) in [6.45, 7) is 4.24. The number of amides is 2. The first-order valence-corrected chi connectivity index (χ1v) is 8.84. The van der Waals surface area contributed by atoms with Gasteiger partial charge in [-0.25, -0.2) is 0 Å². The summed E-state index contributed by atoms with van der Waals surface area (Å²) in [5.74, 6) is 0.311. The average Bonchev–Trinajstić information content (AvgIpc) is 2.61. The van der Waals surface area contributed by atoms with Gasteiger partial charge in [0.05, 0.1) is 23.9 Å². The summed E-state index contributed by atoms with van der Waals surface area (Å²) in [6.07, 6.45) is 0.871. The van der Waals surface area contributed by atoms with Crippen LogP contribution in [-0.2, 0) is 9.59 Å². The van der Waals surface area contributed by atoms with Crippen molar-refractivity contribution >= 4 is 29.1 Å². The number of carbonyl (C=O) groups excluding carboxylic acids is 2. The normalized spacial score (nSPS) is 10.3. The standard InChI is InChI=1S/C20H23ClN2O3/c1-14-9-10-17(16(21)12-14)23-20(25)13-22-19(24)8-5-11-26-18-7-4-3-6-15(18)2/h3-4,6-7,9-10,12H,5,8,11,13H2,1-2H3,(H,22,24)(H,23,25). The van der Waals surface area contributed by atoms with Crippen LogP contribution in [-0.4, -0.2) is 25.0 Å². The smallest absolute Gasteiger partial charge is 0.243 e. The third-order valence-electron chi connectivity index (χ3n) is 3.74. The molecule has 0 saturated heterocycles. The first-order chi connectivity index (χ1) is 12.5. The number of halogens is 1. The maximum atomic E-state index is 11.9. The largest absolute Gasteiger partial charge is 0.493 e. The van der Waals surface area contributed by atoms with Gasteiger partial charge in [0.2, 0.25) is 11.8 Å². The molecule has 2 N–H and O–H groups in total. The summed E-state index contributed by atoms with van der Waals surface area (Å²) in [5, 5.41) is 5.74. The van der Waals surface area contributed by atoms with E-state index in [1.807, 2.05) is 44.2 Å². The number of nitrogens with one attached hydrogen (secondary N) is 2. The minimum absolute atomic E-state index is 0.0955. The molecule has 5 nitrogen and oxygen atoms in total. The molecule has 0 spiro atoms. The number of benzene rings is 2. The van der Waals surface area contributed by atoms with E-state index in [-0.39, 0.29) is 18.4 Å². The van der Waals surface area contributed by atoms with Crippen LogP contribution in [0, 0.1) is 13.8 Å². The van der Waals surface area contributed by atoms with Crippen LogP contribution in [0.4, 0.5) is 5.69 Å². The van der Waals surface area contributed by atoms with Crippen molar-refractivity contribution in [1.82, 2.24) is 5.32 Å². The van der Waals surface area contributed by atoms with Gasteiger partial charge in [-0.1, -0.05) is 35.9 Å². The molecule has 2 rings (SSSR count). The summed E-state index contributed by atoms with van der Waals surface area (Å²) in [6, 6.07) is 13.1. The van der Waals surface area contributed by atoms with Crippen molar-refractivity contribution in [1.29, 1.82) is 0 Å². The molecule has 0 aliphatic heterocycles. The molecule has 0 aliphatic rings. The summed E-state index contributed by atoms with van der Waals surface area (Å²) >= 11 is 6.07. The van der Waals surface area contributed by atoms with E-state index in [1.165, 1.54) is 0 Å². The van der Waals surface area contributed by atoms with Gasteiger partial charge in [0.25, 0.3) is 0 Å². The van der Waals surface area contributed by atoms with Gasteiger partial charge in [-0.05, 0) is 49.6 Å². The predicted molar refractivity (Wildman–Crippen MR) is 104 cm³/mol. The Kier molecular flexibility index (Phi) is 7.48. The minimum Gasteiger partial charge on any atom is -0.493 e. The van der Waals surface area contributed by atoms with E-state index in [1.54, 1.807) is 12.1 Å². The van der Waals surface area contributed by atoms with Crippen molar-refractivity contribution in [2.45, 2.75) is 26.7 Å². The lowest BCUT2D eigenvalue weighted by molar-refractivity contribution is -0.124. The lowest BCUT2D eigenvalue weighted by Crippen LogP contribution is -2.32. The lowest BCUT2D eigenvalue weighted by Gasteiger charge is -2.10. The molecule has 26 heavy (non-hydrogen) atoms. The van der Waals surface area contributed by atoms with Crippen LogP contribution in [0.1, 0.15) is 24.0 Å². The van der Waals surface area contributed by atoms with Crippen LogP contribution in [0.5, 0.6) is 5.75 Å². The van der Waals surface area contributed by atoms with Gasteiger partial charge < -0.3 is 15.4 Å². The van der Waals surface area contributed by atoms with E-state index in [0.29, 0.717) is 30.2 Å². The number of hydrogen-bond donors (Lipinski definition) is 2. The second-order valence-electron chi connectivity index (χ2n) is 6.03. The Morgan fingerprint density at radius 1 is 1.08 bits per heavy atom. The number of anilines is 1. The Balaban J connectivity index is 1.65. The SMILES string of the molecule is Cc1ccc(NC(=O)CNC(=O)CCCOc2ccccc2C)c(Cl)c1. The Labute approximate surface area is 158 Å². The summed E-state index contributed by atoms with van der Waals surface area (Å²) in [5.41, 5.74) is 2.60. The van der Waals surface area contributed by atoms with Gasteiger partial charge in [0, 0.05) is 6.42 Å². The molecular weight excluding hydrogens is 352 g/mol. The Hall–Kier alpha value is -2.53. The second kappa shape index (κ2) is 9.82. The third kappa shape index (κ3) is 6.41. The molecular formula is C20H23ClN2O3. The molecule has 2 aromatic carbocycles. The van der Waals surface area contributed by atoms with E-state index in [4.69, 9.17) is 16.3 Å². The molecule has 0 radical (unpaired) electrons. The van der Waals surface area contributed by atoms with Crippen molar-refractivity contribution in [3.63, 3.8) is 0 Å². The van der Waals surface area contributed by atoms with Crippen molar-refractivity contribution in [2.24, 2.45) is 0 Å². The number of para-hydroxylation sites is 1. The van der Waals surface area contributed by atoms with Crippen molar-refractivity contribution < 1.29 is 14.3 Å². The van der Waals surface area contributed by atoms with Crippen LogP contribution in [0.25, 0.3) is 0 Å². The average molecular weight is 375 g/mol. The van der Waals surface area contributed by atoms with Crippen LogP contribution in [0.2, 0.25) is 5.02 Å². The second-order valence-corrected chi connectivity index (χ2v) is 6.43. The molecule has 2 amide bonds. The topological polar surface area (TPSA) is 67.4 Å². The zero-order valence-electron chi connectivity index (χ0n) is 15.0. The first-order valence-electron chi connectivity index (χ1n) is 8.47. The Bertz CT molecular complexity index is 777. The third-order valence-corrected chi connectivity index (χ3v) is 4.06. The fourth-order valence-electron chi connectivity index (χ4n) is 2.32. The molecule has 0 fully saturated rings. The molecule has 0 bridgehead atoms. The van der Waals surface area contributed by atoms with Gasteiger partial charge >= 0.3 is 0 Å². The van der Waals surface area contributed by atoms with Gasteiger partial charge in [-0.3, -0.25) is 9.59 Å². The number of rotatable bonds is 8. The maximum absolute atomic E-state index is 11.9. The highest BCUT2D eigenvalue weighted by atomic mass is 35.5. The zero-order chi connectivity index (χ0) is 18.9. The lowest BCUT2D eigenvalue weighted by atomic mass is 10.2. The number of aryl methyl sites for hydroxylation is 2. The van der Waals surface area contributed by atoms with E-state index in [2.05, 4.69) is 10.6 Å². The fourth-order valence-corrected chi connectivity index (χ4v) is 2.60. The molecule has 0 saturated carbocycles.